The zero-order chi connectivity index (χ0) is 23.7. The van der Waals surface area contributed by atoms with Gasteiger partial charge in [0, 0.05) is 17.8 Å². The van der Waals surface area contributed by atoms with Gasteiger partial charge in [0.15, 0.2) is 17.5 Å². The average Bonchev–Trinajstić information content (AvgIpc) is 3.42. The number of urea groups is 1. The van der Waals surface area contributed by atoms with Gasteiger partial charge < -0.3 is 19.7 Å². The van der Waals surface area contributed by atoms with Crippen LogP contribution in [0.25, 0.3) is 0 Å². The summed E-state index contributed by atoms with van der Waals surface area (Å²) in [6.45, 7) is 6.10. The van der Waals surface area contributed by atoms with E-state index in [1.165, 1.54) is 9.80 Å². The number of rotatable bonds is 2. The SMILES string of the molecule is C[C@@H]1N(c2cnn3c2CN(C(=O)Nc2cc(F)c(F)c(F)c2)[C@H]2COC[C@H]23)C(=O)OC1(C)C. The van der Waals surface area contributed by atoms with Crippen LogP contribution in [0, 0.1) is 17.5 Å². The number of ether oxygens (including phenoxy) is 2. The van der Waals surface area contributed by atoms with E-state index >= 15 is 0 Å². The van der Waals surface area contributed by atoms with Crippen molar-refractivity contribution < 1.29 is 32.2 Å². The molecule has 0 radical (unpaired) electrons. The van der Waals surface area contributed by atoms with Crippen molar-refractivity contribution in [3.8, 4) is 0 Å². The van der Waals surface area contributed by atoms with Crippen LogP contribution in [0.5, 0.6) is 0 Å². The molecule has 3 atom stereocenters. The number of amides is 3. The minimum Gasteiger partial charge on any atom is -0.441 e. The largest absolute Gasteiger partial charge is 0.441 e. The van der Waals surface area contributed by atoms with Gasteiger partial charge in [0.25, 0.3) is 0 Å². The number of fused-ring (bicyclic) bond motifs is 3. The lowest BCUT2D eigenvalue weighted by molar-refractivity contribution is 0.0718. The number of hydrogen-bond acceptors (Lipinski definition) is 5. The van der Waals surface area contributed by atoms with Gasteiger partial charge in [-0.05, 0) is 20.8 Å². The first-order valence-corrected chi connectivity index (χ1v) is 10.5. The number of carbonyl (C=O) groups excluding carboxylic acids is 2. The van der Waals surface area contributed by atoms with Crippen molar-refractivity contribution in [3.05, 3.63) is 41.5 Å². The molecule has 3 aliphatic heterocycles. The quantitative estimate of drug-likeness (QED) is 0.687. The van der Waals surface area contributed by atoms with E-state index in [1.807, 2.05) is 20.8 Å². The van der Waals surface area contributed by atoms with Crippen molar-refractivity contribution in [1.29, 1.82) is 0 Å². The van der Waals surface area contributed by atoms with E-state index in [0.29, 0.717) is 30.1 Å². The number of anilines is 2. The molecule has 1 aromatic carbocycles. The molecule has 0 aliphatic carbocycles. The van der Waals surface area contributed by atoms with Crippen molar-refractivity contribution in [2.24, 2.45) is 0 Å². The first-order chi connectivity index (χ1) is 15.6. The smallest absolute Gasteiger partial charge is 0.415 e. The predicted molar refractivity (Wildman–Crippen MR) is 109 cm³/mol. The summed E-state index contributed by atoms with van der Waals surface area (Å²) in [5.74, 6) is -4.43. The van der Waals surface area contributed by atoms with Crippen LogP contribution in [0.1, 0.15) is 32.5 Å². The molecule has 0 unspecified atom stereocenters. The molecular weight excluding hydrogens is 443 g/mol. The Morgan fingerprint density at radius 2 is 1.85 bits per heavy atom. The highest BCUT2D eigenvalue weighted by molar-refractivity contribution is 5.92. The molecule has 5 rings (SSSR count). The molecule has 0 spiro atoms. The highest BCUT2D eigenvalue weighted by atomic mass is 19.2. The van der Waals surface area contributed by atoms with Crippen LogP contribution in [0.2, 0.25) is 0 Å². The Morgan fingerprint density at radius 1 is 1.18 bits per heavy atom. The van der Waals surface area contributed by atoms with Crippen LogP contribution >= 0.6 is 0 Å². The van der Waals surface area contributed by atoms with Crippen molar-refractivity contribution in [1.82, 2.24) is 14.7 Å². The monoisotopic (exact) mass is 465 g/mol. The molecule has 2 fully saturated rings. The Labute approximate surface area is 187 Å². The second kappa shape index (κ2) is 7.37. The number of carbonyl (C=O) groups is 2. The zero-order valence-corrected chi connectivity index (χ0v) is 18.1. The number of halogens is 3. The lowest BCUT2D eigenvalue weighted by Gasteiger charge is -2.38. The van der Waals surface area contributed by atoms with E-state index in [4.69, 9.17) is 9.47 Å². The minimum absolute atomic E-state index is 0.0643. The van der Waals surface area contributed by atoms with Crippen molar-refractivity contribution in [3.63, 3.8) is 0 Å². The summed E-state index contributed by atoms with van der Waals surface area (Å²) >= 11 is 0. The van der Waals surface area contributed by atoms with Gasteiger partial charge in [0.2, 0.25) is 0 Å². The third kappa shape index (κ3) is 3.31. The molecule has 33 heavy (non-hydrogen) atoms. The second-order valence-corrected chi connectivity index (χ2v) is 8.92. The van der Waals surface area contributed by atoms with E-state index in [0.717, 1.165) is 0 Å². The van der Waals surface area contributed by atoms with Crippen LogP contribution in [-0.4, -0.2) is 57.7 Å². The van der Waals surface area contributed by atoms with Gasteiger partial charge in [-0.1, -0.05) is 0 Å². The Hall–Kier alpha value is -3.28. The summed E-state index contributed by atoms with van der Waals surface area (Å²) in [6.07, 6.45) is 1.05. The summed E-state index contributed by atoms with van der Waals surface area (Å²) < 4.78 is 53.3. The van der Waals surface area contributed by atoms with E-state index in [1.54, 1.807) is 10.9 Å². The Morgan fingerprint density at radius 3 is 2.48 bits per heavy atom. The first kappa shape index (κ1) is 21.6. The third-order valence-corrected chi connectivity index (χ3v) is 6.63. The molecule has 2 saturated heterocycles. The summed E-state index contributed by atoms with van der Waals surface area (Å²) in [4.78, 5) is 28.7. The molecule has 0 bridgehead atoms. The normalized spacial score (nSPS) is 25.6. The van der Waals surface area contributed by atoms with Crippen LogP contribution in [0.4, 0.5) is 34.1 Å². The van der Waals surface area contributed by atoms with Gasteiger partial charge in [-0.25, -0.2) is 22.8 Å². The minimum atomic E-state index is -1.61. The summed E-state index contributed by atoms with van der Waals surface area (Å²) in [5.41, 5.74) is 0.188. The van der Waals surface area contributed by atoms with Crippen molar-refractivity contribution in [2.75, 3.05) is 23.4 Å². The zero-order valence-electron chi connectivity index (χ0n) is 18.1. The molecule has 1 aromatic heterocycles. The fourth-order valence-electron chi connectivity index (χ4n) is 4.54. The molecular formula is C21H22F3N5O4. The standard InChI is InChI=1S/C21H22F3N5O4/c1-10-21(2,3)33-20(31)28(10)14-6-25-29-15(14)7-27(16-8-32-9-17(16)29)19(30)26-11-4-12(22)18(24)13(23)5-11/h4-6,10,16-17H,7-9H2,1-3H3,(H,26,30)/t10-,16-,17+/m0/s1. The number of aromatic nitrogens is 2. The number of benzene rings is 1. The lowest BCUT2D eigenvalue weighted by atomic mass is 10.00. The number of hydrogen-bond donors (Lipinski definition) is 1. The van der Waals surface area contributed by atoms with E-state index < -0.39 is 35.2 Å². The van der Waals surface area contributed by atoms with Crippen LogP contribution in [-0.2, 0) is 16.0 Å². The summed E-state index contributed by atoms with van der Waals surface area (Å²) in [6, 6.07) is -0.206. The molecule has 3 amide bonds. The van der Waals surface area contributed by atoms with Crippen LogP contribution in [0.15, 0.2) is 18.3 Å². The molecule has 2 aromatic rings. The van der Waals surface area contributed by atoms with Gasteiger partial charge in [0.1, 0.15) is 5.60 Å². The van der Waals surface area contributed by atoms with Crippen LogP contribution < -0.4 is 10.2 Å². The van der Waals surface area contributed by atoms with Crippen molar-refractivity contribution in [2.45, 2.75) is 51.0 Å². The number of cyclic esters (lactones) is 1. The average molecular weight is 465 g/mol. The maximum Gasteiger partial charge on any atom is 0.415 e. The van der Waals surface area contributed by atoms with Crippen LogP contribution in [0.3, 0.4) is 0 Å². The molecule has 3 aliphatic rings. The van der Waals surface area contributed by atoms with E-state index in [2.05, 4.69) is 10.4 Å². The Kier molecular flexibility index (Phi) is 4.82. The summed E-state index contributed by atoms with van der Waals surface area (Å²) in [7, 11) is 0. The number of nitrogens with zero attached hydrogens (tertiary/aromatic N) is 4. The molecule has 9 nitrogen and oxygen atoms in total. The fourth-order valence-corrected chi connectivity index (χ4v) is 4.54. The first-order valence-electron chi connectivity index (χ1n) is 10.5. The van der Waals surface area contributed by atoms with Gasteiger partial charge in [-0.15, -0.1) is 0 Å². The molecule has 1 N–H and O–H groups in total. The van der Waals surface area contributed by atoms with Crippen molar-refractivity contribution >= 4 is 23.5 Å². The molecule has 0 saturated carbocycles. The van der Waals surface area contributed by atoms with Gasteiger partial charge >= 0.3 is 12.1 Å². The number of nitrogens with one attached hydrogen (secondary N) is 1. The lowest BCUT2D eigenvalue weighted by Crippen LogP contribution is -2.51. The molecule has 12 heteroatoms. The molecule has 176 valence electrons. The topological polar surface area (TPSA) is 88.9 Å². The Balaban J connectivity index is 1.47. The summed E-state index contributed by atoms with van der Waals surface area (Å²) in [5, 5.41) is 6.88. The fraction of sp³-hybridized carbons (Fsp3) is 0.476. The van der Waals surface area contributed by atoms with Gasteiger partial charge in [-0.2, -0.15) is 5.10 Å². The van der Waals surface area contributed by atoms with E-state index in [9.17, 15) is 22.8 Å². The maximum absolute atomic E-state index is 13.6. The van der Waals surface area contributed by atoms with Gasteiger partial charge in [0.05, 0.1) is 55.5 Å². The second-order valence-electron chi connectivity index (χ2n) is 8.92. The highest BCUT2D eigenvalue weighted by Crippen LogP contribution is 2.40. The van der Waals surface area contributed by atoms with E-state index in [-0.39, 0.29) is 37.0 Å². The third-order valence-electron chi connectivity index (χ3n) is 6.63. The molecule has 4 heterocycles. The highest BCUT2D eigenvalue weighted by Gasteiger charge is 2.49. The predicted octanol–water partition coefficient (Wildman–Crippen LogP) is 3.41. The Bertz CT molecular complexity index is 1130. The maximum atomic E-state index is 13.6. The van der Waals surface area contributed by atoms with Gasteiger partial charge in [-0.3, -0.25) is 9.58 Å².